The van der Waals surface area contributed by atoms with Crippen LogP contribution < -0.4 is 0 Å². The van der Waals surface area contributed by atoms with Gasteiger partial charge in [-0.15, -0.1) is 0 Å². The lowest BCUT2D eigenvalue weighted by molar-refractivity contribution is 0.106. The van der Waals surface area contributed by atoms with Crippen LogP contribution in [0.4, 0.5) is 0 Å². The van der Waals surface area contributed by atoms with Crippen molar-refractivity contribution >= 4 is 0 Å². The first kappa shape index (κ1) is 16.1. The Bertz CT molecular complexity index is 581. The van der Waals surface area contributed by atoms with Gasteiger partial charge in [-0.1, -0.05) is 12.1 Å². The zero-order valence-electron chi connectivity index (χ0n) is 14.1. The molecule has 0 N–H and O–H groups in total. The highest BCUT2D eigenvalue weighted by Crippen LogP contribution is 2.16. The highest BCUT2D eigenvalue weighted by Gasteiger charge is 2.24. The van der Waals surface area contributed by atoms with Crippen LogP contribution in [0.3, 0.4) is 0 Å². The summed E-state index contributed by atoms with van der Waals surface area (Å²) < 4.78 is 7.19. The predicted octanol–water partition coefficient (Wildman–Crippen LogP) is 1.42. The van der Waals surface area contributed by atoms with E-state index in [2.05, 4.69) is 32.1 Å². The average molecular weight is 318 g/mol. The second-order valence-electron chi connectivity index (χ2n) is 6.24. The molecular weight excluding hydrogens is 292 g/mol. The number of hydrogen-bond donors (Lipinski definition) is 0. The summed E-state index contributed by atoms with van der Waals surface area (Å²) in [6.07, 6.45) is 7.11. The molecule has 0 amide bonds. The maximum Gasteiger partial charge on any atom is 0.226 e. The van der Waals surface area contributed by atoms with Crippen LogP contribution >= 0.6 is 0 Å². The summed E-state index contributed by atoms with van der Waals surface area (Å²) in [6, 6.07) is 2.55. The summed E-state index contributed by atoms with van der Waals surface area (Å²) in [7, 11) is 2.21. The fourth-order valence-electron chi connectivity index (χ4n) is 3.11. The number of piperidine rings is 1. The summed E-state index contributed by atoms with van der Waals surface area (Å²) in [6.45, 7) is 6.94. The highest BCUT2D eigenvalue weighted by molar-refractivity contribution is 4.88. The number of nitrogens with zero attached hydrogens (tertiary/aromatic N) is 6. The standard InChI is InChI=1S/C16H26N6O/c1-3-16-18-15(19-23-16)13-21-8-4-6-14(12-21)20(2)10-11-22-9-5-7-17-22/h5,7,9,14H,3-4,6,8,10-13H2,1-2H3. The fourth-order valence-corrected chi connectivity index (χ4v) is 3.11. The van der Waals surface area contributed by atoms with Crippen LogP contribution in [0.1, 0.15) is 31.5 Å². The molecule has 1 aliphatic heterocycles. The monoisotopic (exact) mass is 318 g/mol. The molecule has 1 saturated heterocycles. The molecule has 7 nitrogen and oxygen atoms in total. The van der Waals surface area contributed by atoms with Crippen LogP contribution in [0.2, 0.25) is 0 Å². The molecule has 3 rings (SSSR count). The van der Waals surface area contributed by atoms with Gasteiger partial charge in [-0.2, -0.15) is 10.1 Å². The molecule has 23 heavy (non-hydrogen) atoms. The molecule has 126 valence electrons. The predicted molar refractivity (Wildman–Crippen MR) is 86.8 cm³/mol. The molecule has 0 bridgehead atoms. The zero-order chi connectivity index (χ0) is 16.1. The molecule has 2 aromatic heterocycles. The van der Waals surface area contributed by atoms with E-state index in [1.54, 1.807) is 0 Å². The lowest BCUT2D eigenvalue weighted by atomic mass is 10.0. The van der Waals surface area contributed by atoms with E-state index in [1.165, 1.54) is 12.8 Å². The van der Waals surface area contributed by atoms with Crippen molar-refractivity contribution in [2.24, 2.45) is 0 Å². The maximum atomic E-state index is 5.20. The van der Waals surface area contributed by atoms with Crippen LogP contribution in [0, 0.1) is 0 Å². The minimum Gasteiger partial charge on any atom is -0.339 e. The van der Waals surface area contributed by atoms with Gasteiger partial charge in [-0.05, 0) is 32.5 Å². The largest absolute Gasteiger partial charge is 0.339 e. The van der Waals surface area contributed by atoms with Gasteiger partial charge in [0, 0.05) is 37.9 Å². The second kappa shape index (κ2) is 7.70. The number of aryl methyl sites for hydroxylation is 1. The van der Waals surface area contributed by atoms with Crippen LogP contribution in [0.15, 0.2) is 23.0 Å². The van der Waals surface area contributed by atoms with E-state index in [4.69, 9.17) is 4.52 Å². The van der Waals surface area contributed by atoms with Crippen LogP contribution in [0.25, 0.3) is 0 Å². The maximum absolute atomic E-state index is 5.20. The molecule has 2 aromatic rings. The normalized spacial score (nSPS) is 19.5. The van der Waals surface area contributed by atoms with Crippen molar-refractivity contribution in [2.45, 2.75) is 45.3 Å². The van der Waals surface area contributed by atoms with Crippen molar-refractivity contribution in [1.29, 1.82) is 0 Å². The number of likely N-dealkylation sites (N-methyl/N-ethyl adjacent to an activating group) is 1. The van der Waals surface area contributed by atoms with E-state index in [0.29, 0.717) is 6.04 Å². The Morgan fingerprint density at radius 2 is 2.35 bits per heavy atom. The first-order valence-electron chi connectivity index (χ1n) is 8.46. The molecule has 0 aromatic carbocycles. The minimum atomic E-state index is 0.580. The zero-order valence-corrected chi connectivity index (χ0v) is 14.1. The first-order chi connectivity index (χ1) is 11.2. The first-order valence-corrected chi connectivity index (χ1v) is 8.46. The minimum absolute atomic E-state index is 0.580. The Balaban J connectivity index is 1.48. The van der Waals surface area contributed by atoms with Gasteiger partial charge in [0.2, 0.25) is 5.89 Å². The topological polar surface area (TPSA) is 63.2 Å². The van der Waals surface area contributed by atoms with E-state index >= 15 is 0 Å². The molecule has 1 unspecified atom stereocenters. The number of rotatable bonds is 7. The number of hydrogen-bond acceptors (Lipinski definition) is 6. The van der Waals surface area contributed by atoms with E-state index in [-0.39, 0.29) is 0 Å². The molecule has 3 heterocycles. The molecular formula is C16H26N6O. The summed E-state index contributed by atoms with van der Waals surface area (Å²) >= 11 is 0. The second-order valence-corrected chi connectivity index (χ2v) is 6.24. The summed E-state index contributed by atoms with van der Waals surface area (Å²) in [5.41, 5.74) is 0. The smallest absolute Gasteiger partial charge is 0.226 e. The van der Waals surface area contributed by atoms with Crippen molar-refractivity contribution in [3.63, 3.8) is 0 Å². The van der Waals surface area contributed by atoms with Crippen molar-refractivity contribution in [3.8, 4) is 0 Å². The number of likely N-dealkylation sites (tertiary alicyclic amines) is 1. The van der Waals surface area contributed by atoms with Crippen molar-refractivity contribution in [3.05, 3.63) is 30.2 Å². The van der Waals surface area contributed by atoms with Crippen molar-refractivity contribution < 1.29 is 4.52 Å². The summed E-state index contributed by atoms with van der Waals surface area (Å²) in [4.78, 5) is 9.30. The Labute approximate surface area is 137 Å². The van der Waals surface area contributed by atoms with Crippen LogP contribution in [0.5, 0.6) is 0 Å². The molecule has 0 radical (unpaired) electrons. The van der Waals surface area contributed by atoms with Gasteiger partial charge in [-0.25, -0.2) is 0 Å². The van der Waals surface area contributed by atoms with Gasteiger partial charge in [0.05, 0.1) is 13.1 Å². The van der Waals surface area contributed by atoms with Gasteiger partial charge in [0.15, 0.2) is 5.82 Å². The van der Waals surface area contributed by atoms with E-state index in [0.717, 1.165) is 50.9 Å². The van der Waals surface area contributed by atoms with Crippen LogP contribution in [-0.2, 0) is 19.5 Å². The van der Waals surface area contributed by atoms with Gasteiger partial charge in [0.25, 0.3) is 0 Å². The Morgan fingerprint density at radius 1 is 1.43 bits per heavy atom. The third kappa shape index (κ3) is 4.39. The SMILES string of the molecule is CCc1nc(CN2CCCC(N(C)CCn3cccn3)C2)no1. The third-order valence-electron chi connectivity index (χ3n) is 4.52. The van der Waals surface area contributed by atoms with E-state index < -0.39 is 0 Å². The third-order valence-corrected chi connectivity index (χ3v) is 4.52. The molecule has 7 heteroatoms. The molecule has 0 saturated carbocycles. The lowest BCUT2D eigenvalue weighted by Gasteiger charge is -2.37. The molecule has 1 atom stereocenters. The summed E-state index contributed by atoms with van der Waals surface area (Å²) in [5.74, 6) is 1.53. The lowest BCUT2D eigenvalue weighted by Crippen LogP contribution is -2.47. The van der Waals surface area contributed by atoms with Crippen LogP contribution in [-0.4, -0.2) is 62.4 Å². The Hall–Kier alpha value is -1.73. The van der Waals surface area contributed by atoms with Crippen molar-refractivity contribution in [1.82, 2.24) is 29.7 Å². The van der Waals surface area contributed by atoms with Gasteiger partial charge >= 0.3 is 0 Å². The van der Waals surface area contributed by atoms with Gasteiger partial charge < -0.3 is 9.42 Å². The summed E-state index contributed by atoms with van der Waals surface area (Å²) in [5, 5.41) is 8.34. The molecule has 0 spiro atoms. The van der Waals surface area contributed by atoms with E-state index in [1.807, 2.05) is 30.1 Å². The quantitative estimate of drug-likeness (QED) is 0.769. The fraction of sp³-hybridized carbons (Fsp3) is 0.688. The average Bonchev–Trinajstić information content (AvgIpc) is 3.24. The highest BCUT2D eigenvalue weighted by atomic mass is 16.5. The molecule has 1 aliphatic rings. The Morgan fingerprint density at radius 3 is 3.09 bits per heavy atom. The molecule has 1 fully saturated rings. The van der Waals surface area contributed by atoms with E-state index in [9.17, 15) is 0 Å². The van der Waals surface area contributed by atoms with Gasteiger partial charge in [-0.3, -0.25) is 9.58 Å². The van der Waals surface area contributed by atoms with Gasteiger partial charge in [0.1, 0.15) is 0 Å². The molecule has 0 aliphatic carbocycles. The number of aromatic nitrogens is 4. The van der Waals surface area contributed by atoms with Crippen molar-refractivity contribution in [2.75, 3.05) is 26.7 Å². The Kier molecular flexibility index (Phi) is 5.40.